The van der Waals surface area contributed by atoms with Crippen LogP contribution in [0.15, 0.2) is 18.3 Å². The standard InChI is InChI=1S/C15H22FN3/c1-15(2,3)18-8-11-7-12(9-18)19(11)10-14-13(16)5-4-6-17-14/h4-6,11-12H,7-10H2,1-3H3. The third kappa shape index (κ3) is 2.39. The molecule has 0 radical (unpaired) electrons. The Bertz CT molecular complexity index is 457. The summed E-state index contributed by atoms with van der Waals surface area (Å²) in [5, 5.41) is 0. The second-order valence-corrected chi connectivity index (χ2v) is 6.72. The van der Waals surface area contributed by atoms with Crippen molar-refractivity contribution >= 4 is 0 Å². The minimum Gasteiger partial charge on any atom is -0.295 e. The number of hydrogen-bond donors (Lipinski definition) is 0. The molecule has 0 spiro atoms. The SMILES string of the molecule is CC(C)(C)N1CC2CC(C1)N2Cc1ncccc1F. The van der Waals surface area contributed by atoms with Crippen LogP contribution in [0.2, 0.25) is 0 Å². The summed E-state index contributed by atoms with van der Waals surface area (Å²) in [5.41, 5.74) is 0.820. The lowest BCUT2D eigenvalue weighted by molar-refractivity contribution is -0.101. The van der Waals surface area contributed by atoms with Gasteiger partial charge in [-0.25, -0.2) is 4.39 Å². The number of nitrogens with zero attached hydrogens (tertiary/aromatic N) is 3. The molecule has 3 fully saturated rings. The van der Waals surface area contributed by atoms with Crippen molar-refractivity contribution in [3.63, 3.8) is 0 Å². The lowest BCUT2D eigenvalue weighted by atomic mass is 9.84. The lowest BCUT2D eigenvalue weighted by Gasteiger charge is -2.59. The summed E-state index contributed by atoms with van der Waals surface area (Å²) in [6, 6.07) is 4.29. The van der Waals surface area contributed by atoms with Gasteiger partial charge in [-0.3, -0.25) is 14.8 Å². The average Bonchev–Trinajstić information content (AvgIpc) is 2.36. The Balaban J connectivity index is 1.66. The minimum absolute atomic E-state index is 0.180. The molecule has 0 N–H and O–H groups in total. The van der Waals surface area contributed by atoms with Gasteiger partial charge in [-0.15, -0.1) is 0 Å². The van der Waals surface area contributed by atoms with Gasteiger partial charge in [-0.1, -0.05) is 0 Å². The largest absolute Gasteiger partial charge is 0.295 e. The van der Waals surface area contributed by atoms with Gasteiger partial charge in [0.1, 0.15) is 5.82 Å². The molecule has 19 heavy (non-hydrogen) atoms. The van der Waals surface area contributed by atoms with E-state index in [4.69, 9.17) is 0 Å². The zero-order chi connectivity index (χ0) is 13.6. The first-order valence-electron chi connectivity index (χ1n) is 7.05. The molecule has 4 heterocycles. The van der Waals surface area contributed by atoms with Crippen molar-refractivity contribution in [2.24, 2.45) is 0 Å². The Kier molecular flexibility index (Phi) is 3.10. The van der Waals surface area contributed by atoms with Crippen LogP contribution in [0.3, 0.4) is 0 Å². The first kappa shape index (κ1) is 13.0. The number of fused-ring (bicyclic) bond motifs is 2. The van der Waals surface area contributed by atoms with Gasteiger partial charge in [0.2, 0.25) is 0 Å². The molecule has 2 bridgehead atoms. The second-order valence-electron chi connectivity index (χ2n) is 6.72. The van der Waals surface area contributed by atoms with Gasteiger partial charge >= 0.3 is 0 Å². The molecule has 4 heteroatoms. The van der Waals surface area contributed by atoms with Gasteiger partial charge < -0.3 is 0 Å². The smallest absolute Gasteiger partial charge is 0.146 e. The highest BCUT2D eigenvalue weighted by atomic mass is 19.1. The summed E-state index contributed by atoms with van der Waals surface area (Å²) in [4.78, 5) is 9.11. The van der Waals surface area contributed by atoms with Crippen molar-refractivity contribution < 1.29 is 4.39 Å². The highest BCUT2D eigenvalue weighted by Gasteiger charge is 2.46. The van der Waals surface area contributed by atoms with Crippen molar-refractivity contribution in [2.75, 3.05) is 13.1 Å². The van der Waals surface area contributed by atoms with Crippen molar-refractivity contribution in [1.29, 1.82) is 0 Å². The minimum atomic E-state index is -0.180. The van der Waals surface area contributed by atoms with Gasteiger partial charge in [0, 0.05) is 43.5 Å². The van der Waals surface area contributed by atoms with E-state index < -0.39 is 0 Å². The molecule has 0 saturated carbocycles. The van der Waals surface area contributed by atoms with Crippen molar-refractivity contribution in [2.45, 2.75) is 51.4 Å². The number of piperidine rings is 1. The Morgan fingerprint density at radius 2 is 2.00 bits per heavy atom. The number of rotatable bonds is 2. The van der Waals surface area contributed by atoms with Gasteiger partial charge in [0.05, 0.1) is 5.69 Å². The normalized spacial score (nSPS) is 28.2. The molecule has 2 atom stereocenters. The third-order valence-electron chi connectivity index (χ3n) is 4.46. The van der Waals surface area contributed by atoms with E-state index in [2.05, 4.69) is 35.6 Å². The van der Waals surface area contributed by atoms with E-state index in [9.17, 15) is 4.39 Å². The highest BCUT2D eigenvalue weighted by molar-refractivity contribution is 5.11. The summed E-state index contributed by atoms with van der Waals surface area (Å²) in [6.07, 6.45) is 2.93. The second kappa shape index (κ2) is 4.53. The fourth-order valence-electron chi connectivity index (χ4n) is 3.20. The van der Waals surface area contributed by atoms with E-state index in [1.54, 1.807) is 12.3 Å². The Morgan fingerprint density at radius 3 is 2.58 bits per heavy atom. The van der Waals surface area contributed by atoms with Gasteiger partial charge in [-0.2, -0.15) is 0 Å². The van der Waals surface area contributed by atoms with Crippen molar-refractivity contribution in [3.8, 4) is 0 Å². The summed E-state index contributed by atoms with van der Waals surface area (Å²) < 4.78 is 13.7. The highest BCUT2D eigenvalue weighted by Crippen LogP contribution is 2.36. The fourth-order valence-corrected chi connectivity index (χ4v) is 3.20. The molecule has 4 rings (SSSR count). The van der Waals surface area contributed by atoms with Crippen LogP contribution in [0, 0.1) is 5.82 Å². The van der Waals surface area contributed by atoms with Crippen LogP contribution >= 0.6 is 0 Å². The number of piperazine rings is 1. The van der Waals surface area contributed by atoms with E-state index in [-0.39, 0.29) is 11.4 Å². The topological polar surface area (TPSA) is 19.4 Å². The quantitative estimate of drug-likeness (QED) is 0.816. The summed E-state index contributed by atoms with van der Waals surface area (Å²) in [7, 11) is 0. The van der Waals surface area contributed by atoms with E-state index in [0.29, 0.717) is 24.3 Å². The molecule has 3 aliphatic heterocycles. The Hall–Kier alpha value is -1.00. The number of pyridine rings is 1. The zero-order valence-corrected chi connectivity index (χ0v) is 11.9. The zero-order valence-electron chi connectivity index (χ0n) is 11.9. The van der Waals surface area contributed by atoms with E-state index in [1.807, 2.05) is 0 Å². The molecule has 104 valence electrons. The van der Waals surface area contributed by atoms with Crippen molar-refractivity contribution in [1.82, 2.24) is 14.8 Å². The van der Waals surface area contributed by atoms with E-state index in [1.165, 1.54) is 12.5 Å². The van der Waals surface area contributed by atoms with Gasteiger partial charge in [0.25, 0.3) is 0 Å². The molecule has 0 aliphatic carbocycles. The summed E-state index contributed by atoms with van der Waals surface area (Å²) in [5.74, 6) is -0.180. The molecule has 0 aromatic carbocycles. The Labute approximate surface area is 114 Å². The summed E-state index contributed by atoms with van der Waals surface area (Å²) >= 11 is 0. The van der Waals surface area contributed by atoms with Crippen LogP contribution < -0.4 is 0 Å². The van der Waals surface area contributed by atoms with Crippen LogP contribution in [0.4, 0.5) is 4.39 Å². The van der Waals surface area contributed by atoms with Crippen LogP contribution in [0.5, 0.6) is 0 Å². The van der Waals surface area contributed by atoms with Crippen LogP contribution in [-0.4, -0.2) is 45.5 Å². The fraction of sp³-hybridized carbons (Fsp3) is 0.667. The molecule has 1 aromatic rings. The van der Waals surface area contributed by atoms with E-state index in [0.717, 1.165) is 13.1 Å². The molecule has 3 aliphatic rings. The predicted octanol–water partition coefficient (Wildman–Crippen LogP) is 2.28. The predicted molar refractivity (Wildman–Crippen MR) is 73.3 cm³/mol. The molecule has 3 nitrogen and oxygen atoms in total. The number of halogens is 1. The third-order valence-corrected chi connectivity index (χ3v) is 4.46. The van der Waals surface area contributed by atoms with Crippen LogP contribution in [0.25, 0.3) is 0 Å². The van der Waals surface area contributed by atoms with Crippen molar-refractivity contribution in [3.05, 3.63) is 29.8 Å². The molecule has 3 saturated heterocycles. The lowest BCUT2D eigenvalue weighted by Crippen LogP contribution is -2.70. The molecule has 2 unspecified atom stereocenters. The van der Waals surface area contributed by atoms with E-state index >= 15 is 0 Å². The number of aromatic nitrogens is 1. The van der Waals surface area contributed by atoms with Crippen LogP contribution in [0.1, 0.15) is 32.9 Å². The van der Waals surface area contributed by atoms with Crippen LogP contribution in [-0.2, 0) is 6.54 Å². The van der Waals surface area contributed by atoms with Gasteiger partial charge in [-0.05, 0) is 39.3 Å². The average molecular weight is 263 g/mol. The molecule has 0 amide bonds. The monoisotopic (exact) mass is 263 g/mol. The molecule has 1 aromatic heterocycles. The summed E-state index contributed by atoms with van der Waals surface area (Å²) in [6.45, 7) is 9.63. The van der Waals surface area contributed by atoms with Gasteiger partial charge in [0.15, 0.2) is 0 Å². The first-order chi connectivity index (χ1) is 8.95. The maximum atomic E-state index is 13.7. The maximum Gasteiger partial charge on any atom is 0.146 e. The first-order valence-corrected chi connectivity index (χ1v) is 7.05. The molecular formula is C15H22FN3. The number of hydrogen-bond acceptors (Lipinski definition) is 3. The molecular weight excluding hydrogens is 241 g/mol. The Morgan fingerprint density at radius 1 is 1.32 bits per heavy atom. The maximum absolute atomic E-state index is 13.7.